The summed E-state index contributed by atoms with van der Waals surface area (Å²) in [7, 11) is 0. The number of anilines is 1. The van der Waals surface area contributed by atoms with Crippen LogP contribution in [0, 0.1) is 0 Å². The molecule has 0 bridgehead atoms. The van der Waals surface area contributed by atoms with Gasteiger partial charge in [-0.05, 0) is 48.0 Å². The molecule has 0 atom stereocenters. The quantitative estimate of drug-likeness (QED) is 0.754. The van der Waals surface area contributed by atoms with Crippen molar-refractivity contribution in [3.05, 3.63) is 95.8 Å². The number of hydrogen-bond acceptors (Lipinski definition) is 3. The van der Waals surface area contributed by atoms with E-state index in [9.17, 15) is 9.59 Å². The van der Waals surface area contributed by atoms with Gasteiger partial charge in [-0.3, -0.25) is 14.6 Å². The second kappa shape index (κ2) is 7.88. The van der Waals surface area contributed by atoms with Crippen LogP contribution in [0.1, 0.15) is 26.3 Å². The Labute approximate surface area is 145 Å². The van der Waals surface area contributed by atoms with Gasteiger partial charge in [-0.1, -0.05) is 24.3 Å². The van der Waals surface area contributed by atoms with Crippen molar-refractivity contribution < 1.29 is 9.59 Å². The normalized spacial score (nSPS) is 10.1. The van der Waals surface area contributed by atoms with Crippen molar-refractivity contribution >= 4 is 17.5 Å². The highest BCUT2D eigenvalue weighted by Gasteiger charge is 2.09. The number of hydrogen-bond donors (Lipinski definition) is 2. The number of amides is 2. The van der Waals surface area contributed by atoms with Crippen LogP contribution >= 0.6 is 0 Å². The fraction of sp³-hybridized carbons (Fsp3) is 0.0500. The molecule has 25 heavy (non-hydrogen) atoms. The van der Waals surface area contributed by atoms with Gasteiger partial charge in [-0.15, -0.1) is 0 Å². The first-order chi connectivity index (χ1) is 12.2. The number of nitrogens with one attached hydrogen (secondary N) is 2. The Morgan fingerprint density at radius 2 is 1.48 bits per heavy atom. The average Bonchev–Trinajstić information content (AvgIpc) is 2.68. The van der Waals surface area contributed by atoms with Gasteiger partial charge in [0.15, 0.2) is 0 Å². The van der Waals surface area contributed by atoms with E-state index in [1.54, 1.807) is 36.7 Å². The highest BCUT2D eigenvalue weighted by molar-refractivity contribution is 6.05. The van der Waals surface area contributed by atoms with Crippen molar-refractivity contribution in [2.24, 2.45) is 0 Å². The molecule has 0 fully saturated rings. The summed E-state index contributed by atoms with van der Waals surface area (Å²) in [5.74, 6) is -0.410. The molecule has 0 aliphatic carbocycles. The highest BCUT2D eigenvalue weighted by Crippen LogP contribution is 2.10. The number of nitrogens with zero attached hydrogens (tertiary/aromatic N) is 1. The second-order valence-electron chi connectivity index (χ2n) is 5.44. The van der Waals surface area contributed by atoms with Gasteiger partial charge in [-0.2, -0.15) is 0 Å². The summed E-state index contributed by atoms with van der Waals surface area (Å²) in [4.78, 5) is 28.4. The molecule has 5 nitrogen and oxygen atoms in total. The van der Waals surface area contributed by atoms with E-state index in [1.807, 2.05) is 42.5 Å². The first-order valence-corrected chi connectivity index (χ1v) is 7.86. The van der Waals surface area contributed by atoms with Gasteiger partial charge in [-0.25, -0.2) is 0 Å². The van der Waals surface area contributed by atoms with Crippen LogP contribution in [0.5, 0.6) is 0 Å². The van der Waals surface area contributed by atoms with Crippen LogP contribution in [-0.2, 0) is 6.54 Å². The Hall–Kier alpha value is -3.47. The smallest absolute Gasteiger partial charge is 0.255 e. The fourth-order valence-electron chi connectivity index (χ4n) is 2.28. The zero-order valence-electron chi connectivity index (χ0n) is 13.5. The third-order valence-corrected chi connectivity index (χ3v) is 3.62. The van der Waals surface area contributed by atoms with Crippen molar-refractivity contribution in [2.45, 2.75) is 6.54 Å². The first-order valence-electron chi connectivity index (χ1n) is 7.86. The van der Waals surface area contributed by atoms with Crippen LogP contribution in [0.25, 0.3) is 0 Å². The highest BCUT2D eigenvalue weighted by atomic mass is 16.2. The molecule has 2 N–H and O–H groups in total. The number of pyridine rings is 1. The SMILES string of the molecule is O=C(NCc1cccnc1)c1ccc(C(=O)Nc2ccccc2)cc1. The third kappa shape index (κ3) is 4.51. The van der Waals surface area contributed by atoms with E-state index in [2.05, 4.69) is 15.6 Å². The first kappa shape index (κ1) is 16.4. The summed E-state index contributed by atoms with van der Waals surface area (Å²) in [6.45, 7) is 0.406. The standard InChI is InChI=1S/C20H17N3O2/c24-19(22-14-15-5-4-12-21-13-15)16-8-10-17(11-9-16)20(25)23-18-6-2-1-3-7-18/h1-13H,14H2,(H,22,24)(H,23,25). The summed E-state index contributed by atoms with van der Waals surface area (Å²) < 4.78 is 0. The van der Waals surface area contributed by atoms with Gasteiger partial charge >= 0.3 is 0 Å². The van der Waals surface area contributed by atoms with Gasteiger partial charge < -0.3 is 10.6 Å². The van der Waals surface area contributed by atoms with Crippen LogP contribution in [0.4, 0.5) is 5.69 Å². The maximum Gasteiger partial charge on any atom is 0.255 e. The fourth-order valence-corrected chi connectivity index (χ4v) is 2.28. The van der Waals surface area contributed by atoms with Crippen LogP contribution in [0.15, 0.2) is 79.1 Å². The lowest BCUT2D eigenvalue weighted by Gasteiger charge is -2.07. The summed E-state index contributed by atoms with van der Waals surface area (Å²) in [6.07, 6.45) is 3.39. The molecule has 0 saturated heterocycles. The molecule has 0 aliphatic rings. The molecule has 1 aromatic heterocycles. The Morgan fingerprint density at radius 1 is 0.800 bits per heavy atom. The van der Waals surface area contributed by atoms with Gasteiger partial charge in [0.1, 0.15) is 0 Å². The van der Waals surface area contributed by atoms with E-state index in [-0.39, 0.29) is 11.8 Å². The molecule has 1 heterocycles. The predicted octanol–water partition coefficient (Wildman–Crippen LogP) is 3.26. The van der Waals surface area contributed by atoms with Gasteiger partial charge in [0, 0.05) is 35.8 Å². The van der Waals surface area contributed by atoms with Gasteiger partial charge in [0.2, 0.25) is 0 Å². The van der Waals surface area contributed by atoms with E-state index < -0.39 is 0 Å². The van der Waals surface area contributed by atoms with Crippen LogP contribution in [0.3, 0.4) is 0 Å². The lowest BCUT2D eigenvalue weighted by atomic mass is 10.1. The molecule has 2 aromatic carbocycles. The molecule has 3 aromatic rings. The minimum atomic E-state index is -0.214. The number of para-hydroxylation sites is 1. The van der Waals surface area contributed by atoms with E-state index in [1.165, 1.54) is 0 Å². The maximum atomic E-state index is 12.2. The monoisotopic (exact) mass is 331 g/mol. The minimum Gasteiger partial charge on any atom is -0.348 e. The molecule has 0 saturated carbocycles. The molecule has 3 rings (SSSR count). The van der Waals surface area contributed by atoms with Gasteiger partial charge in [0.05, 0.1) is 0 Å². The molecule has 0 radical (unpaired) electrons. The molecular weight excluding hydrogens is 314 g/mol. The van der Waals surface area contributed by atoms with Gasteiger partial charge in [0.25, 0.3) is 11.8 Å². The van der Waals surface area contributed by atoms with Crippen molar-refractivity contribution in [1.82, 2.24) is 10.3 Å². The zero-order valence-corrected chi connectivity index (χ0v) is 13.5. The minimum absolute atomic E-state index is 0.195. The molecular formula is C20H17N3O2. The molecule has 5 heteroatoms. The van der Waals surface area contributed by atoms with E-state index in [0.717, 1.165) is 11.3 Å². The van der Waals surface area contributed by atoms with Crippen molar-refractivity contribution in [3.8, 4) is 0 Å². The lowest BCUT2D eigenvalue weighted by Crippen LogP contribution is -2.23. The van der Waals surface area contributed by atoms with E-state index in [0.29, 0.717) is 17.7 Å². The van der Waals surface area contributed by atoms with E-state index in [4.69, 9.17) is 0 Å². The zero-order chi connectivity index (χ0) is 17.5. The number of rotatable bonds is 5. The summed E-state index contributed by atoms with van der Waals surface area (Å²) >= 11 is 0. The van der Waals surface area contributed by atoms with Crippen LogP contribution < -0.4 is 10.6 Å². The van der Waals surface area contributed by atoms with Crippen molar-refractivity contribution in [2.75, 3.05) is 5.32 Å². The summed E-state index contributed by atoms with van der Waals surface area (Å²) in [6, 6.07) is 19.5. The molecule has 124 valence electrons. The topological polar surface area (TPSA) is 71.1 Å². The Morgan fingerprint density at radius 3 is 2.12 bits per heavy atom. The van der Waals surface area contributed by atoms with Crippen molar-refractivity contribution in [3.63, 3.8) is 0 Å². The molecule has 0 spiro atoms. The third-order valence-electron chi connectivity index (χ3n) is 3.62. The molecule has 0 unspecified atom stereocenters. The van der Waals surface area contributed by atoms with Crippen molar-refractivity contribution in [1.29, 1.82) is 0 Å². The number of carbonyl (C=O) groups excluding carboxylic acids is 2. The number of aromatic nitrogens is 1. The Kier molecular flexibility index (Phi) is 5.16. The largest absolute Gasteiger partial charge is 0.348 e. The number of carbonyl (C=O) groups is 2. The van der Waals surface area contributed by atoms with E-state index >= 15 is 0 Å². The molecule has 0 aliphatic heterocycles. The van der Waals surface area contributed by atoms with Crippen LogP contribution in [-0.4, -0.2) is 16.8 Å². The Bertz CT molecular complexity index is 847. The maximum absolute atomic E-state index is 12.2. The second-order valence-corrected chi connectivity index (χ2v) is 5.44. The average molecular weight is 331 g/mol. The Balaban J connectivity index is 1.59. The predicted molar refractivity (Wildman–Crippen MR) is 96.2 cm³/mol. The lowest BCUT2D eigenvalue weighted by molar-refractivity contribution is 0.0949. The number of benzene rings is 2. The molecule has 2 amide bonds. The van der Waals surface area contributed by atoms with Crippen LogP contribution in [0.2, 0.25) is 0 Å². The summed E-state index contributed by atoms with van der Waals surface area (Å²) in [5, 5.41) is 5.63. The summed E-state index contributed by atoms with van der Waals surface area (Å²) in [5.41, 5.74) is 2.65.